The number of hydrogen-bond acceptors (Lipinski definition) is 3. The van der Waals surface area contributed by atoms with Crippen molar-refractivity contribution in [3.8, 4) is 5.75 Å². The first-order valence-electron chi connectivity index (χ1n) is 12.0. The number of ether oxygens (including phenoxy) is 1. The zero-order chi connectivity index (χ0) is 22.6. The Bertz CT molecular complexity index is 1110. The van der Waals surface area contributed by atoms with E-state index in [1.807, 2.05) is 4.90 Å². The van der Waals surface area contributed by atoms with E-state index < -0.39 is 0 Å². The van der Waals surface area contributed by atoms with Gasteiger partial charge >= 0.3 is 0 Å². The lowest BCUT2D eigenvalue weighted by Crippen LogP contribution is -2.48. The number of carbonyl (C=O) groups excluding carboxylic acids is 1. The van der Waals surface area contributed by atoms with Crippen LogP contribution in [0, 0.1) is 17.7 Å². The number of fused-ring (bicyclic) bond motifs is 1. The molecule has 3 aromatic rings. The molecular weight excluding hydrogens is 415 g/mol. The van der Waals surface area contributed by atoms with E-state index in [2.05, 4.69) is 47.4 Å². The monoisotopic (exact) mass is 446 g/mol. The first-order valence-corrected chi connectivity index (χ1v) is 12.0. The second-order valence-electron chi connectivity index (χ2n) is 9.48. The lowest BCUT2D eigenvalue weighted by atomic mass is 9.88. The molecule has 0 unspecified atom stereocenters. The lowest BCUT2D eigenvalue weighted by Gasteiger charge is -2.38. The van der Waals surface area contributed by atoms with Crippen LogP contribution in [0.25, 0.3) is 10.8 Å². The van der Waals surface area contributed by atoms with Crippen molar-refractivity contribution in [3.05, 3.63) is 78.1 Å². The van der Waals surface area contributed by atoms with Crippen LogP contribution in [0.2, 0.25) is 0 Å². The minimum atomic E-state index is -0.295. The molecule has 2 aliphatic rings. The second kappa shape index (κ2) is 9.92. The average molecular weight is 447 g/mol. The zero-order valence-electron chi connectivity index (χ0n) is 19.0. The van der Waals surface area contributed by atoms with Crippen LogP contribution in [0.3, 0.4) is 0 Å². The Morgan fingerprint density at radius 3 is 2.58 bits per heavy atom. The van der Waals surface area contributed by atoms with E-state index in [0.29, 0.717) is 12.4 Å². The number of likely N-dealkylation sites (tertiary alicyclic amines) is 2. The van der Waals surface area contributed by atoms with Crippen molar-refractivity contribution in [2.75, 3.05) is 32.8 Å². The highest BCUT2D eigenvalue weighted by molar-refractivity contribution is 5.83. The van der Waals surface area contributed by atoms with E-state index in [9.17, 15) is 9.18 Å². The highest BCUT2D eigenvalue weighted by Gasteiger charge is 2.35. The number of rotatable bonds is 6. The predicted molar refractivity (Wildman–Crippen MR) is 129 cm³/mol. The first kappa shape index (κ1) is 21.9. The maximum absolute atomic E-state index is 13.6. The molecule has 2 saturated heterocycles. The normalized spacial score (nSPS) is 21.4. The summed E-state index contributed by atoms with van der Waals surface area (Å²) in [4.78, 5) is 17.7. The van der Waals surface area contributed by atoms with Crippen molar-refractivity contribution in [2.24, 2.45) is 11.8 Å². The minimum Gasteiger partial charge on any atom is -0.493 e. The van der Waals surface area contributed by atoms with Crippen molar-refractivity contribution < 1.29 is 13.9 Å². The smallest absolute Gasteiger partial charge is 0.226 e. The highest BCUT2D eigenvalue weighted by Crippen LogP contribution is 2.28. The van der Waals surface area contributed by atoms with Crippen LogP contribution in [-0.2, 0) is 11.3 Å². The summed E-state index contributed by atoms with van der Waals surface area (Å²) in [5.41, 5.74) is 1.26. The van der Waals surface area contributed by atoms with Gasteiger partial charge < -0.3 is 9.64 Å². The molecule has 0 spiro atoms. The molecule has 0 radical (unpaired) electrons. The van der Waals surface area contributed by atoms with E-state index >= 15 is 0 Å². The molecule has 2 aliphatic heterocycles. The van der Waals surface area contributed by atoms with Crippen LogP contribution >= 0.6 is 0 Å². The second-order valence-corrected chi connectivity index (χ2v) is 9.48. The van der Waals surface area contributed by atoms with E-state index in [1.54, 1.807) is 12.1 Å². The van der Waals surface area contributed by atoms with Gasteiger partial charge in [-0.1, -0.05) is 42.5 Å². The van der Waals surface area contributed by atoms with Gasteiger partial charge in [-0.15, -0.1) is 0 Å². The third-order valence-electron chi connectivity index (χ3n) is 6.88. The van der Waals surface area contributed by atoms with Crippen molar-refractivity contribution >= 4 is 16.7 Å². The van der Waals surface area contributed by atoms with Gasteiger partial charge in [0.2, 0.25) is 5.91 Å². The number of piperidine rings is 1. The average Bonchev–Trinajstić information content (AvgIpc) is 3.37. The summed E-state index contributed by atoms with van der Waals surface area (Å²) in [7, 11) is 0. The van der Waals surface area contributed by atoms with Crippen LogP contribution in [0.15, 0.2) is 66.7 Å². The molecule has 2 fully saturated rings. The van der Waals surface area contributed by atoms with Crippen molar-refractivity contribution in [1.82, 2.24) is 9.80 Å². The van der Waals surface area contributed by atoms with Crippen LogP contribution in [0.1, 0.15) is 24.8 Å². The van der Waals surface area contributed by atoms with E-state index in [1.165, 1.54) is 28.5 Å². The fourth-order valence-corrected chi connectivity index (χ4v) is 5.29. The molecule has 172 valence electrons. The van der Waals surface area contributed by atoms with E-state index in [0.717, 1.165) is 52.0 Å². The van der Waals surface area contributed by atoms with Gasteiger partial charge in [-0.05, 0) is 53.8 Å². The Kier molecular flexibility index (Phi) is 6.58. The molecule has 0 aliphatic carbocycles. The highest BCUT2D eigenvalue weighted by atomic mass is 19.1. The van der Waals surface area contributed by atoms with Crippen molar-refractivity contribution in [2.45, 2.75) is 25.8 Å². The largest absolute Gasteiger partial charge is 0.493 e. The number of carbonyl (C=O) groups is 1. The van der Waals surface area contributed by atoms with Crippen LogP contribution in [0.4, 0.5) is 4.39 Å². The van der Waals surface area contributed by atoms with E-state index in [4.69, 9.17) is 4.74 Å². The Hall–Kier alpha value is -2.92. The topological polar surface area (TPSA) is 32.8 Å². The molecule has 0 N–H and O–H groups in total. The number of benzene rings is 3. The zero-order valence-corrected chi connectivity index (χ0v) is 19.0. The van der Waals surface area contributed by atoms with Crippen LogP contribution < -0.4 is 4.74 Å². The summed E-state index contributed by atoms with van der Waals surface area (Å²) in [6, 6.07) is 21.3. The number of amides is 1. The molecule has 5 rings (SSSR count). The number of halogens is 1. The summed E-state index contributed by atoms with van der Waals surface area (Å²) >= 11 is 0. The fourth-order valence-electron chi connectivity index (χ4n) is 5.29. The molecular formula is C28H31FN2O2. The summed E-state index contributed by atoms with van der Waals surface area (Å²) in [6.07, 6.45) is 3.02. The van der Waals surface area contributed by atoms with Crippen LogP contribution in [-0.4, -0.2) is 48.5 Å². The summed E-state index contributed by atoms with van der Waals surface area (Å²) in [5, 5.41) is 2.48. The first-order chi connectivity index (χ1) is 16.1. The SMILES string of the molecule is O=C([C@@H]1C[C@H](COc2cccc(F)c2)CN(Cc2ccc3ccccc3c2)C1)N1CCCC1. The molecule has 3 aromatic carbocycles. The maximum Gasteiger partial charge on any atom is 0.226 e. The molecule has 4 nitrogen and oxygen atoms in total. The summed E-state index contributed by atoms with van der Waals surface area (Å²) in [5.74, 6) is 0.740. The molecule has 0 saturated carbocycles. The fraction of sp³-hybridized carbons (Fsp3) is 0.393. The van der Waals surface area contributed by atoms with Gasteiger partial charge in [0, 0.05) is 44.7 Å². The van der Waals surface area contributed by atoms with Gasteiger partial charge in [-0.3, -0.25) is 9.69 Å². The number of nitrogens with zero attached hydrogens (tertiary/aromatic N) is 2. The predicted octanol–water partition coefficient (Wildman–Crippen LogP) is 5.12. The third-order valence-corrected chi connectivity index (χ3v) is 6.88. The van der Waals surface area contributed by atoms with Gasteiger partial charge in [0.05, 0.1) is 12.5 Å². The molecule has 5 heteroatoms. The lowest BCUT2D eigenvalue weighted by molar-refractivity contribution is -0.137. The van der Waals surface area contributed by atoms with Gasteiger partial charge in [0.1, 0.15) is 11.6 Å². The van der Waals surface area contributed by atoms with Gasteiger partial charge in [-0.2, -0.15) is 0 Å². The van der Waals surface area contributed by atoms with Gasteiger partial charge in [-0.25, -0.2) is 4.39 Å². The molecule has 1 amide bonds. The Morgan fingerprint density at radius 2 is 1.76 bits per heavy atom. The number of hydrogen-bond donors (Lipinski definition) is 0. The van der Waals surface area contributed by atoms with Crippen molar-refractivity contribution in [1.29, 1.82) is 0 Å². The Labute approximate surface area is 194 Å². The van der Waals surface area contributed by atoms with Crippen molar-refractivity contribution in [3.63, 3.8) is 0 Å². The van der Waals surface area contributed by atoms with E-state index in [-0.39, 0.29) is 23.6 Å². The molecule has 0 bridgehead atoms. The standard InChI is InChI=1S/C28H31FN2O2/c29-26-8-5-9-27(16-26)33-20-22-15-25(28(32)31-12-3-4-13-31)19-30(18-22)17-21-10-11-23-6-1-2-7-24(23)14-21/h1-2,5-11,14,16,22,25H,3-4,12-13,15,17-20H2/t22-,25+/m0/s1. The van der Waals surface area contributed by atoms with Gasteiger partial charge in [0.25, 0.3) is 0 Å². The summed E-state index contributed by atoms with van der Waals surface area (Å²) < 4.78 is 19.5. The quantitative estimate of drug-likeness (QED) is 0.527. The van der Waals surface area contributed by atoms with Gasteiger partial charge in [0.15, 0.2) is 0 Å². The molecule has 2 atom stereocenters. The Balaban J connectivity index is 1.30. The minimum absolute atomic E-state index is 0.0154. The molecule has 2 heterocycles. The maximum atomic E-state index is 13.6. The molecule has 0 aromatic heterocycles. The third kappa shape index (κ3) is 5.36. The summed E-state index contributed by atoms with van der Waals surface area (Å²) in [6.45, 7) is 4.70. The van der Waals surface area contributed by atoms with Crippen LogP contribution in [0.5, 0.6) is 5.75 Å². The Morgan fingerprint density at radius 1 is 0.939 bits per heavy atom. The molecule has 33 heavy (non-hydrogen) atoms.